The average molecular weight is 326 g/mol. The molecule has 1 aliphatic carbocycles. The van der Waals surface area contributed by atoms with Crippen LogP contribution in [0.2, 0.25) is 0 Å². The standard InChI is InChI=1S/C15H20BrNO2/c1-9(2)13-10(8-15(17)3-4-15)11(16)7-12-14(13)19-6-5-18-12/h7,9H,3-6,8,17H2,1-2H3. The predicted molar refractivity (Wildman–Crippen MR) is 79.1 cm³/mol. The van der Waals surface area contributed by atoms with Crippen LogP contribution in [0.4, 0.5) is 0 Å². The second-order valence-corrected chi connectivity index (χ2v) is 6.82. The third kappa shape index (κ3) is 2.48. The Morgan fingerprint density at radius 3 is 2.63 bits per heavy atom. The summed E-state index contributed by atoms with van der Waals surface area (Å²) in [6.45, 7) is 5.64. The smallest absolute Gasteiger partial charge is 0.165 e. The van der Waals surface area contributed by atoms with E-state index in [0.29, 0.717) is 19.1 Å². The molecule has 2 N–H and O–H groups in total. The van der Waals surface area contributed by atoms with Gasteiger partial charge in [-0.1, -0.05) is 29.8 Å². The molecule has 0 aromatic heterocycles. The highest BCUT2D eigenvalue weighted by molar-refractivity contribution is 9.10. The van der Waals surface area contributed by atoms with Crippen LogP contribution in [-0.4, -0.2) is 18.8 Å². The fraction of sp³-hybridized carbons (Fsp3) is 0.600. The van der Waals surface area contributed by atoms with Crippen LogP contribution in [-0.2, 0) is 6.42 Å². The second-order valence-electron chi connectivity index (χ2n) is 5.97. The molecule has 3 nitrogen and oxygen atoms in total. The molecule has 1 aliphatic heterocycles. The van der Waals surface area contributed by atoms with Crippen LogP contribution in [0.5, 0.6) is 11.5 Å². The molecule has 0 unspecified atom stereocenters. The molecule has 0 radical (unpaired) electrons. The molecule has 104 valence electrons. The summed E-state index contributed by atoms with van der Waals surface area (Å²) in [4.78, 5) is 0. The Bertz CT molecular complexity index is 509. The number of benzene rings is 1. The van der Waals surface area contributed by atoms with E-state index in [0.717, 1.165) is 35.2 Å². The topological polar surface area (TPSA) is 44.5 Å². The largest absolute Gasteiger partial charge is 0.486 e. The van der Waals surface area contributed by atoms with E-state index in [2.05, 4.69) is 29.8 Å². The van der Waals surface area contributed by atoms with Crippen molar-refractivity contribution in [3.8, 4) is 11.5 Å². The maximum absolute atomic E-state index is 6.30. The molecule has 19 heavy (non-hydrogen) atoms. The first-order chi connectivity index (χ1) is 9.00. The van der Waals surface area contributed by atoms with Crippen molar-refractivity contribution in [2.75, 3.05) is 13.2 Å². The summed E-state index contributed by atoms with van der Waals surface area (Å²) in [5.41, 5.74) is 8.84. The van der Waals surface area contributed by atoms with Gasteiger partial charge in [-0.25, -0.2) is 0 Å². The number of ether oxygens (including phenoxy) is 2. The molecule has 1 saturated carbocycles. The van der Waals surface area contributed by atoms with Crippen molar-refractivity contribution in [2.24, 2.45) is 5.73 Å². The molecule has 3 rings (SSSR count). The van der Waals surface area contributed by atoms with E-state index in [1.165, 1.54) is 11.1 Å². The van der Waals surface area contributed by atoms with Crippen LogP contribution in [0.15, 0.2) is 10.5 Å². The number of fused-ring (bicyclic) bond motifs is 1. The third-order valence-corrected chi connectivity index (χ3v) is 4.63. The van der Waals surface area contributed by atoms with E-state index < -0.39 is 0 Å². The number of hydrogen-bond acceptors (Lipinski definition) is 3. The number of rotatable bonds is 3. The van der Waals surface area contributed by atoms with E-state index in [-0.39, 0.29) is 5.54 Å². The summed E-state index contributed by atoms with van der Waals surface area (Å²) in [5, 5.41) is 0. The molecule has 1 heterocycles. The summed E-state index contributed by atoms with van der Waals surface area (Å²) < 4.78 is 12.7. The van der Waals surface area contributed by atoms with Crippen LogP contribution in [0.1, 0.15) is 43.7 Å². The zero-order chi connectivity index (χ0) is 13.6. The second kappa shape index (κ2) is 4.67. The molecule has 0 amide bonds. The first-order valence-corrected chi connectivity index (χ1v) is 7.69. The first-order valence-electron chi connectivity index (χ1n) is 6.90. The van der Waals surface area contributed by atoms with Gasteiger partial charge in [-0.3, -0.25) is 0 Å². The lowest BCUT2D eigenvalue weighted by Gasteiger charge is -2.27. The van der Waals surface area contributed by atoms with Gasteiger partial charge in [0.05, 0.1) is 0 Å². The maximum Gasteiger partial charge on any atom is 0.165 e. The molecule has 0 saturated heterocycles. The zero-order valence-corrected chi connectivity index (χ0v) is 13.0. The Labute approximate surface area is 122 Å². The quantitative estimate of drug-likeness (QED) is 0.926. The number of hydrogen-bond donors (Lipinski definition) is 1. The lowest BCUT2D eigenvalue weighted by molar-refractivity contribution is 0.169. The summed E-state index contributed by atoms with van der Waals surface area (Å²) in [5.74, 6) is 2.17. The maximum atomic E-state index is 6.30. The summed E-state index contributed by atoms with van der Waals surface area (Å²) in [7, 11) is 0. The molecule has 0 bridgehead atoms. The van der Waals surface area contributed by atoms with E-state index in [9.17, 15) is 0 Å². The molecule has 1 fully saturated rings. The molecule has 1 aromatic carbocycles. The van der Waals surface area contributed by atoms with Crippen LogP contribution < -0.4 is 15.2 Å². The van der Waals surface area contributed by atoms with Gasteiger partial charge in [0.1, 0.15) is 13.2 Å². The van der Waals surface area contributed by atoms with Crippen molar-refractivity contribution in [3.63, 3.8) is 0 Å². The summed E-state index contributed by atoms with van der Waals surface area (Å²) in [6, 6.07) is 2.03. The molecular weight excluding hydrogens is 306 g/mol. The Morgan fingerprint density at radius 1 is 1.32 bits per heavy atom. The minimum Gasteiger partial charge on any atom is -0.486 e. The molecule has 0 spiro atoms. The van der Waals surface area contributed by atoms with Crippen molar-refractivity contribution in [2.45, 2.75) is 44.6 Å². The van der Waals surface area contributed by atoms with Gasteiger partial charge in [-0.2, -0.15) is 0 Å². The van der Waals surface area contributed by atoms with Gasteiger partial charge >= 0.3 is 0 Å². The van der Waals surface area contributed by atoms with E-state index in [1.54, 1.807) is 0 Å². The fourth-order valence-electron chi connectivity index (χ4n) is 2.70. The van der Waals surface area contributed by atoms with Crippen LogP contribution in [0.3, 0.4) is 0 Å². The normalized spacial score (nSPS) is 19.6. The third-order valence-electron chi connectivity index (χ3n) is 3.93. The fourth-order valence-corrected chi connectivity index (χ4v) is 3.26. The van der Waals surface area contributed by atoms with Crippen molar-refractivity contribution in [1.82, 2.24) is 0 Å². The first kappa shape index (κ1) is 13.3. The zero-order valence-electron chi connectivity index (χ0n) is 11.5. The Morgan fingerprint density at radius 2 is 2.00 bits per heavy atom. The van der Waals surface area contributed by atoms with Gasteiger partial charge in [0.15, 0.2) is 11.5 Å². The molecule has 1 aromatic rings. The molecular formula is C15H20BrNO2. The Balaban J connectivity index is 2.10. The van der Waals surface area contributed by atoms with Gasteiger partial charge < -0.3 is 15.2 Å². The number of nitrogens with two attached hydrogens (primary N) is 1. The summed E-state index contributed by atoms with van der Waals surface area (Å²) >= 11 is 3.68. The molecule has 2 aliphatic rings. The lowest BCUT2D eigenvalue weighted by atomic mass is 9.91. The van der Waals surface area contributed by atoms with Crippen LogP contribution in [0, 0.1) is 0 Å². The Hall–Kier alpha value is -0.740. The Kier molecular flexibility index (Phi) is 3.26. The van der Waals surface area contributed by atoms with Gasteiger partial charge in [0, 0.05) is 15.6 Å². The minimum absolute atomic E-state index is 0.00405. The number of halogens is 1. The van der Waals surface area contributed by atoms with Crippen molar-refractivity contribution in [3.05, 3.63) is 21.7 Å². The van der Waals surface area contributed by atoms with Crippen molar-refractivity contribution in [1.29, 1.82) is 0 Å². The van der Waals surface area contributed by atoms with Gasteiger partial charge in [0.25, 0.3) is 0 Å². The van der Waals surface area contributed by atoms with E-state index >= 15 is 0 Å². The molecule has 0 atom stereocenters. The van der Waals surface area contributed by atoms with Gasteiger partial charge in [0.2, 0.25) is 0 Å². The molecule has 4 heteroatoms. The van der Waals surface area contributed by atoms with Crippen LogP contribution in [0.25, 0.3) is 0 Å². The summed E-state index contributed by atoms with van der Waals surface area (Å²) in [6.07, 6.45) is 3.15. The van der Waals surface area contributed by atoms with Crippen molar-refractivity contribution >= 4 is 15.9 Å². The van der Waals surface area contributed by atoms with Gasteiger partial charge in [-0.15, -0.1) is 0 Å². The highest BCUT2D eigenvalue weighted by atomic mass is 79.9. The highest BCUT2D eigenvalue weighted by Gasteiger charge is 2.40. The minimum atomic E-state index is -0.00405. The lowest BCUT2D eigenvalue weighted by Crippen LogP contribution is -2.26. The monoisotopic (exact) mass is 325 g/mol. The average Bonchev–Trinajstić information content (AvgIpc) is 3.07. The van der Waals surface area contributed by atoms with Crippen LogP contribution >= 0.6 is 15.9 Å². The van der Waals surface area contributed by atoms with E-state index in [1.807, 2.05) is 6.07 Å². The van der Waals surface area contributed by atoms with Crippen molar-refractivity contribution < 1.29 is 9.47 Å². The highest BCUT2D eigenvalue weighted by Crippen LogP contribution is 2.47. The van der Waals surface area contributed by atoms with Gasteiger partial charge in [-0.05, 0) is 36.8 Å². The predicted octanol–water partition coefficient (Wildman–Crippen LogP) is 3.38. The van der Waals surface area contributed by atoms with E-state index in [4.69, 9.17) is 15.2 Å². The SMILES string of the molecule is CC(C)c1c(CC2(N)CC2)c(Br)cc2c1OCCO2.